The van der Waals surface area contributed by atoms with Crippen LogP contribution in [0.1, 0.15) is 38.2 Å². The summed E-state index contributed by atoms with van der Waals surface area (Å²) in [5.74, 6) is 0. The minimum atomic E-state index is 0.225. The molecule has 0 radical (unpaired) electrons. The van der Waals surface area contributed by atoms with E-state index in [4.69, 9.17) is 0 Å². The Labute approximate surface area is 85.5 Å². The van der Waals surface area contributed by atoms with Crippen LogP contribution in [-0.4, -0.2) is 16.3 Å². The molecule has 78 valence electrons. The summed E-state index contributed by atoms with van der Waals surface area (Å²) in [6.07, 6.45) is 9.14. The maximum atomic E-state index is 4.27. The Hall–Kier alpha value is -0.830. The molecule has 0 bridgehead atoms. The number of nitrogens with zero attached hydrogens (tertiary/aromatic N) is 2. The molecule has 0 amide bonds. The van der Waals surface area contributed by atoms with Gasteiger partial charge in [0.25, 0.3) is 0 Å². The van der Waals surface area contributed by atoms with E-state index in [0.29, 0.717) is 0 Å². The van der Waals surface area contributed by atoms with E-state index in [1.807, 2.05) is 17.9 Å². The molecule has 1 aliphatic rings. The topological polar surface area (TPSA) is 29.9 Å². The lowest BCUT2D eigenvalue weighted by atomic mass is 9.86. The SMILES string of the molecule is CCCC1(c2cnn(C)c2)CCCN1. The number of hydrogen-bond acceptors (Lipinski definition) is 2. The van der Waals surface area contributed by atoms with E-state index in [1.54, 1.807) is 0 Å². The monoisotopic (exact) mass is 193 g/mol. The highest BCUT2D eigenvalue weighted by atomic mass is 15.2. The molecule has 1 unspecified atom stereocenters. The minimum Gasteiger partial charge on any atom is -0.307 e. The summed E-state index contributed by atoms with van der Waals surface area (Å²) in [5.41, 5.74) is 1.59. The van der Waals surface area contributed by atoms with Gasteiger partial charge in [0.2, 0.25) is 0 Å². The fourth-order valence-electron chi connectivity index (χ4n) is 2.51. The van der Waals surface area contributed by atoms with Crippen molar-refractivity contribution >= 4 is 0 Å². The van der Waals surface area contributed by atoms with E-state index < -0.39 is 0 Å². The molecule has 1 saturated heterocycles. The second-order valence-electron chi connectivity index (χ2n) is 4.27. The molecule has 0 aromatic carbocycles. The molecule has 3 nitrogen and oxygen atoms in total. The predicted octanol–water partition coefficient (Wildman–Crippen LogP) is 1.80. The molecule has 1 atom stereocenters. The summed E-state index contributed by atoms with van der Waals surface area (Å²) >= 11 is 0. The highest BCUT2D eigenvalue weighted by Crippen LogP contribution is 2.34. The first-order chi connectivity index (χ1) is 6.77. The highest BCUT2D eigenvalue weighted by molar-refractivity contribution is 5.20. The molecule has 1 aromatic heterocycles. The van der Waals surface area contributed by atoms with Crippen LogP contribution in [0.3, 0.4) is 0 Å². The average Bonchev–Trinajstić information content (AvgIpc) is 2.75. The number of aromatic nitrogens is 2. The largest absolute Gasteiger partial charge is 0.307 e. The number of aryl methyl sites for hydroxylation is 1. The number of nitrogens with one attached hydrogen (secondary N) is 1. The van der Waals surface area contributed by atoms with Crippen LogP contribution < -0.4 is 5.32 Å². The molecule has 1 aromatic rings. The van der Waals surface area contributed by atoms with Crippen LogP contribution in [0.5, 0.6) is 0 Å². The maximum Gasteiger partial charge on any atom is 0.0540 e. The fraction of sp³-hybridized carbons (Fsp3) is 0.727. The molecular formula is C11H19N3. The minimum absolute atomic E-state index is 0.225. The summed E-state index contributed by atoms with van der Waals surface area (Å²) in [4.78, 5) is 0. The Bertz CT molecular complexity index is 297. The predicted molar refractivity (Wildman–Crippen MR) is 57.0 cm³/mol. The Balaban J connectivity index is 2.26. The van der Waals surface area contributed by atoms with Crippen LogP contribution in [0.4, 0.5) is 0 Å². The van der Waals surface area contributed by atoms with Gasteiger partial charge < -0.3 is 5.32 Å². The van der Waals surface area contributed by atoms with Gasteiger partial charge in [-0.15, -0.1) is 0 Å². The van der Waals surface area contributed by atoms with Gasteiger partial charge in [0, 0.05) is 24.3 Å². The third-order valence-corrected chi connectivity index (χ3v) is 3.18. The van der Waals surface area contributed by atoms with Crippen molar-refractivity contribution in [3.05, 3.63) is 18.0 Å². The molecule has 2 heterocycles. The van der Waals surface area contributed by atoms with Gasteiger partial charge >= 0.3 is 0 Å². The van der Waals surface area contributed by atoms with Crippen molar-refractivity contribution in [1.82, 2.24) is 15.1 Å². The van der Waals surface area contributed by atoms with Crippen molar-refractivity contribution in [2.75, 3.05) is 6.54 Å². The van der Waals surface area contributed by atoms with Crippen LogP contribution in [0.15, 0.2) is 12.4 Å². The zero-order valence-electron chi connectivity index (χ0n) is 9.08. The Kier molecular flexibility index (Phi) is 2.59. The van der Waals surface area contributed by atoms with Crippen molar-refractivity contribution in [3.63, 3.8) is 0 Å². The average molecular weight is 193 g/mol. The Morgan fingerprint density at radius 1 is 1.64 bits per heavy atom. The van der Waals surface area contributed by atoms with Gasteiger partial charge in [-0.25, -0.2) is 0 Å². The van der Waals surface area contributed by atoms with Crippen molar-refractivity contribution in [2.45, 2.75) is 38.1 Å². The first-order valence-corrected chi connectivity index (χ1v) is 5.51. The summed E-state index contributed by atoms with van der Waals surface area (Å²) in [7, 11) is 1.98. The van der Waals surface area contributed by atoms with Crippen molar-refractivity contribution < 1.29 is 0 Å². The first kappa shape index (κ1) is 9.71. The van der Waals surface area contributed by atoms with Gasteiger partial charge in [0.1, 0.15) is 0 Å². The first-order valence-electron chi connectivity index (χ1n) is 5.51. The molecule has 1 N–H and O–H groups in total. The molecular weight excluding hydrogens is 174 g/mol. The lowest BCUT2D eigenvalue weighted by Crippen LogP contribution is -2.36. The molecule has 3 heteroatoms. The second kappa shape index (κ2) is 3.73. The third-order valence-electron chi connectivity index (χ3n) is 3.18. The molecule has 2 rings (SSSR count). The van der Waals surface area contributed by atoms with Crippen LogP contribution in [-0.2, 0) is 12.6 Å². The summed E-state index contributed by atoms with van der Waals surface area (Å²) < 4.78 is 1.90. The van der Waals surface area contributed by atoms with Gasteiger partial charge in [-0.1, -0.05) is 13.3 Å². The van der Waals surface area contributed by atoms with E-state index in [2.05, 4.69) is 23.5 Å². The van der Waals surface area contributed by atoms with Crippen molar-refractivity contribution in [1.29, 1.82) is 0 Å². The molecule has 0 spiro atoms. The van der Waals surface area contributed by atoms with E-state index in [1.165, 1.54) is 31.2 Å². The van der Waals surface area contributed by atoms with Crippen LogP contribution in [0, 0.1) is 0 Å². The van der Waals surface area contributed by atoms with Gasteiger partial charge in [-0.05, 0) is 25.8 Å². The van der Waals surface area contributed by atoms with Gasteiger partial charge in [0.15, 0.2) is 0 Å². The van der Waals surface area contributed by atoms with E-state index in [9.17, 15) is 0 Å². The summed E-state index contributed by atoms with van der Waals surface area (Å²) in [5, 5.41) is 7.91. The van der Waals surface area contributed by atoms with Crippen LogP contribution >= 0.6 is 0 Å². The van der Waals surface area contributed by atoms with Gasteiger partial charge in [-0.2, -0.15) is 5.10 Å². The zero-order valence-corrected chi connectivity index (χ0v) is 9.08. The van der Waals surface area contributed by atoms with E-state index in [-0.39, 0.29) is 5.54 Å². The van der Waals surface area contributed by atoms with E-state index in [0.717, 1.165) is 6.54 Å². The lowest BCUT2D eigenvalue weighted by molar-refractivity contribution is 0.355. The highest BCUT2D eigenvalue weighted by Gasteiger charge is 2.34. The second-order valence-corrected chi connectivity index (χ2v) is 4.27. The van der Waals surface area contributed by atoms with Gasteiger partial charge in [-0.3, -0.25) is 4.68 Å². The Morgan fingerprint density at radius 2 is 2.50 bits per heavy atom. The molecule has 1 aliphatic heterocycles. The van der Waals surface area contributed by atoms with Crippen molar-refractivity contribution in [2.24, 2.45) is 7.05 Å². The third kappa shape index (κ3) is 1.57. The molecule has 14 heavy (non-hydrogen) atoms. The van der Waals surface area contributed by atoms with Crippen molar-refractivity contribution in [3.8, 4) is 0 Å². The van der Waals surface area contributed by atoms with E-state index >= 15 is 0 Å². The van der Waals surface area contributed by atoms with Crippen LogP contribution in [0.2, 0.25) is 0 Å². The molecule has 0 saturated carbocycles. The van der Waals surface area contributed by atoms with Crippen LogP contribution in [0.25, 0.3) is 0 Å². The molecule has 1 fully saturated rings. The normalized spacial score (nSPS) is 27.0. The summed E-state index contributed by atoms with van der Waals surface area (Å²) in [6.45, 7) is 3.40. The standard InChI is InChI=1S/C11H19N3/c1-3-5-11(6-4-7-12-11)10-8-13-14(2)9-10/h8-9,12H,3-7H2,1-2H3. The lowest BCUT2D eigenvalue weighted by Gasteiger charge is -2.28. The quantitative estimate of drug-likeness (QED) is 0.793. The molecule has 0 aliphatic carbocycles. The fourth-order valence-corrected chi connectivity index (χ4v) is 2.51. The number of hydrogen-bond donors (Lipinski definition) is 1. The number of rotatable bonds is 3. The zero-order chi connectivity index (χ0) is 10.0. The Morgan fingerprint density at radius 3 is 3.00 bits per heavy atom. The summed E-state index contributed by atoms with van der Waals surface area (Å²) in [6, 6.07) is 0. The maximum absolute atomic E-state index is 4.27. The van der Waals surface area contributed by atoms with Gasteiger partial charge in [0.05, 0.1) is 6.20 Å². The smallest absolute Gasteiger partial charge is 0.0540 e.